The first-order valence-electron chi connectivity index (χ1n) is 5.04. The molecule has 6 nitrogen and oxygen atoms in total. The first-order valence-corrected chi connectivity index (χ1v) is 5.04. The van der Waals surface area contributed by atoms with Gasteiger partial charge in [0.1, 0.15) is 0 Å². The molecule has 0 aliphatic heterocycles. The van der Waals surface area contributed by atoms with Crippen LogP contribution in [-0.4, -0.2) is 26.8 Å². The number of aromatic nitrogens is 4. The minimum atomic E-state index is -0.0714. The maximum Gasteiger partial charge on any atom is 0.242 e. The zero-order valence-corrected chi connectivity index (χ0v) is 9.04. The predicted octanol–water partition coefficient (Wildman–Crippen LogP) is 0.322. The quantitative estimate of drug-likeness (QED) is 0.772. The number of hydrogen-bond donors (Lipinski definition) is 2. The van der Waals surface area contributed by atoms with Crippen molar-refractivity contribution in [3.63, 3.8) is 0 Å². The molecule has 0 saturated heterocycles. The lowest BCUT2D eigenvalue weighted by molar-refractivity contribution is 0.702. The van der Waals surface area contributed by atoms with E-state index in [1.807, 2.05) is 30.3 Å². The van der Waals surface area contributed by atoms with E-state index in [-0.39, 0.29) is 6.04 Å². The fourth-order valence-electron chi connectivity index (χ4n) is 1.40. The van der Waals surface area contributed by atoms with Crippen LogP contribution in [0.25, 0.3) is 0 Å². The van der Waals surface area contributed by atoms with E-state index in [1.54, 1.807) is 11.7 Å². The molecule has 1 heterocycles. The Kier molecular flexibility index (Phi) is 3.11. The molecule has 6 heteroatoms. The summed E-state index contributed by atoms with van der Waals surface area (Å²) >= 11 is 0. The first kappa shape index (κ1) is 10.6. The molecule has 1 aromatic carbocycles. The molecular weight excluding hydrogens is 204 g/mol. The highest BCUT2D eigenvalue weighted by Crippen LogP contribution is 2.09. The number of nitrogens with zero attached hydrogens (tertiary/aromatic N) is 4. The summed E-state index contributed by atoms with van der Waals surface area (Å²) in [5.74, 6) is 0.617. The van der Waals surface area contributed by atoms with Crippen molar-refractivity contribution in [2.45, 2.75) is 6.04 Å². The highest BCUT2D eigenvalue weighted by atomic mass is 15.6. The number of tetrazole rings is 1. The lowest BCUT2D eigenvalue weighted by atomic mass is 10.1. The van der Waals surface area contributed by atoms with E-state index in [2.05, 4.69) is 20.8 Å². The highest BCUT2D eigenvalue weighted by Gasteiger charge is 2.07. The molecule has 0 amide bonds. The first-order chi connectivity index (χ1) is 7.77. The van der Waals surface area contributed by atoms with E-state index >= 15 is 0 Å². The average molecular weight is 218 g/mol. The molecule has 1 atom stereocenters. The smallest absolute Gasteiger partial charge is 0.242 e. The van der Waals surface area contributed by atoms with Gasteiger partial charge in [-0.15, -0.1) is 0 Å². The van der Waals surface area contributed by atoms with Crippen LogP contribution < -0.4 is 11.1 Å². The molecule has 3 N–H and O–H groups in total. The van der Waals surface area contributed by atoms with Gasteiger partial charge in [-0.2, -0.15) is 0 Å². The molecule has 0 spiro atoms. The van der Waals surface area contributed by atoms with Crippen LogP contribution >= 0.6 is 0 Å². The van der Waals surface area contributed by atoms with Crippen LogP contribution in [0.2, 0.25) is 0 Å². The molecule has 0 fully saturated rings. The van der Waals surface area contributed by atoms with Gasteiger partial charge in [0.2, 0.25) is 5.95 Å². The van der Waals surface area contributed by atoms with E-state index in [0.29, 0.717) is 12.5 Å². The lowest BCUT2D eigenvalue weighted by Gasteiger charge is -2.12. The topological polar surface area (TPSA) is 81.7 Å². The molecular formula is C10H14N6. The zero-order chi connectivity index (χ0) is 11.4. The molecule has 0 bridgehead atoms. The van der Waals surface area contributed by atoms with Gasteiger partial charge in [-0.3, -0.25) is 0 Å². The van der Waals surface area contributed by atoms with Crippen LogP contribution in [0.4, 0.5) is 5.95 Å². The number of rotatable bonds is 4. The number of nitrogens with two attached hydrogens (primary N) is 1. The number of aryl methyl sites for hydroxylation is 1. The summed E-state index contributed by atoms with van der Waals surface area (Å²) in [6.07, 6.45) is 0. The number of benzene rings is 1. The Morgan fingerprint density at radius 3 is 2.75 bits per heavy atom. The Labute approximate surface area is 93.5 Å². The van der Waals surface area contributed by atoms with E-state index in [4.69, 9.17) is 5.73 Å². The molecule has 0 saturated carbocycles. The fourth-order valence-corrected chi connectivity index (χ4v) is 1.40. The van der Waals surface area contributed by atoms with Crippen LogP contribution in [-0.2, 0) is 7.05 Å². The van der Waals surface area contributed by atoms with Gasteiger partial charge in [-0.1, -0.05) is 35.4 Å². The van der Waals surface area contributed by atoms with Crippen molar-refractivity contribution in [1.29, 1.82) is 0 Å². The highest BCUT2D eigenvalue weighted by molar-refractivity contribution is 5.25. The molecule has 1 aromatic heterocycles. The third-order valence-electron chi connectivity index (χ3n) is 2.33. The summed E-state index contributed by atoms with van der Waals surface area (Å²) in [6.45, 7) is 0.595. The normalized spacial score (nSPS) is 12.4. The van der Waals surface area contributed by atoms with Crippen molar-refractivity contribution in [2.75, 3.05) is 11.9 Å². The van der Waals surface area contributed by atoms with Gasteiger partial charge in [0.15, 0.2) is 0 Å². The standard InChI is InChI=1S/C10H14N6/c1-16-10(13-14-15-16)12-7-9(11)8-5-3-2-4-6-8/h2-6,9H,7,11H2,1H3,(H,12,13,15). The van der Waals surface area contributed by atoms with Crippen molar-refractivity contribution >= 4 is 5.95 Å². The molecule has 1 unspecified atom stereocenters. The van der Waals surface area contributed by atoms with Gasteiger partial charge in [-0.05, 0) is 16.0 Å². The average Bonchev–Trinajstić information content (AvgIpc) is 2.73. The number of nitrogens with one attached hydrogen (secondary N) is 1. The third kappa shape index (κ3) is 2.34. The second-order valence-corrected chi connectivity index (χ2v) is 3.52. The maximum absolute atomic E-state index is 6.02. The summed E-state index contributed by atoms with van der Waals surface area (Å²) in [5, 5.41) is 14.2. The Hall–Kier alpha value is -1.95. The summed E-state index contributed by atoms with van der Waals surface area (Å²) < 4.78 is 1.57. The summed E-state index contributed by atoms with van der Waals surface area (Å²) in [7, 11) is 1.77. The van der Waals surface area contributed by atoms with E-state index in [1.165, 1.54) is 0 Å². The minimum Gasteiger partial charge on any atom is -0.351 e. The van der Waals surface area contributed by atoms with Crippen molar-refractivity contribution < 1.29 is 0 Å². The monoisotopic (exact) mass is 218 g/mol. The zero-order valence-electron chi connectivity index (χ0n) is 9.04. The van der Waals surface area contributed by atoms with E-state index in [0.717, 1.165) is 5.56 Å². The predicted molar refractivity (Wildman–Crippen MR) is 60.7 cm³/mol. The van der Waals surface area contributed by atoms with Crippen molar-refractivity contribution in [3.8, 4) is 0 Å². The minimum absolute atomic E-state index is 0.0714. The van der Waals surface area contributed by atoms with Crippen molar-refractivity contribution in [3.05, 3.63) is 35.9 Å². The van der Waals surface area contributed by atoms with Crippen molar-refractivity contribution in [2.24, 2.45) is 12.8 Å². The fraction of sp³-hybridized carbons (Fsp3) is 0.300. The molecule has 0 aliphatic rings. The SMILES string of the molecule is Cn1nnnc1NCC(N)c1ccccc1. The number of anilines is 1. The molecule has 16 heavy (non-hydrogen) atoms. The van der Waals surface area contributed by atoms with E-state index in [9.17, 15) is 0 Å². The second-order valence-electron chi connectivity index (χ2n) is 3.52. The van der Waals surface area contributed by atoms with Gasteiger partial charge < -0.3 is 11.1 Å². The summed E-state index contributed by atoms with van der Waals surface area (Å²) in [6, 6.07) is 9.84. The Morgan fingerprint density at radius 1 is 1.38 bits per heavy atom. The van der Waals surface area contributed by atoms with Gasteiger partial charge in [-0.25, -0.2) is 4.68 Å². The number of hydrogen-bond acceptors (Lipinski definition) is 5. The van der Waals surface area contributed by atoms with Gasteiger partial charge in [0.05, 0.1) is 0 Å². The van der Waals surface area contributed by atoms with Gasteiger partial charge in [0.25, 0.3) is 0 Å². The molecule has 0 aliphatic carbocycles. The van der Waals surface area contributed by atoms with Crippen LogP contribution in [0.1, 0.15) is 11.6 Å². The van der Waals surface area contributed by atoms with Gasteiger partial charge in [0, 0.05) is 19.6 Å². The largest absolute Gasteiger partial charge is 0.351 e. The lowest BCUT2D eigenvalue weighted by Crippen LogP contribution is -2.21. The maximum atomic E-state index is 6.02. The molecule has 2 rings (SSSR count). The Balaban J connectivity index is 1.94. The summed E-state index contributed by atoms with van der Waals surface area (Å²) in [5.41, 5.74) is 7.11. The third-order valence-corrected chi connectivity index (χ3v) is 2.33. The van der Waals surface area contributed by atoms with Gasteiger partial charge >= 0.3 is 0 Å². The summed E-state index contributed by atoms with van der Waals surface area (Å²) in [4.78, 5) is 0. The van der Waals surface area contributed by atoms with Crippen LogP contribution in [0, 0.1) is 0 Å². The van der Waals surface area contributed by atoms with Crippen molar-refractivity contribution in [1.82, 2.24) is 20.2 Å². The van der Waals surface area contributed by atoms with Crippen LogP contribution in [0.5, 0.6) is 0 Å². The molecule has 84 valence electrons. The Bertz CT molecular complexity index is 438. The van der Waals surface area contributed by atoms with Crippen LogP contribution in [0.15, 0.2) is 30.3 Å². The second kappa shape index (κ2) is 4.71. The molecule has 0 radical (unpaired) electrons. The van der Waals surface area contributed by atoms with E-state index < -0.39 is 0 Å². The molecule has 2 aromatic rings. The van der Waals surface area contributed by atoms with Crippen LogP contribution in [0.3, 0.4) is 0 Å². The Morgan fingerprint density at radius 2 is 2.12 bits per heavy atom.